The third-order valence-corrected chi connectivity index (χ3v) is 3.22. The molecule has 0 saturated carbocycles. The third kappa shape index (κ3) is 6.14. The molecule has 0 aromatic carbocycles. The van der Waals surface area contributed by atoms with E-state index in [2.05, 4.69) is 46.5 Å². The van der Waals surface area contributed by atoms with E-state index >= 15 is 0 Å². The van der Waals surface area contributed by atoms with E-state index < -0.39 is 0 Å². The number of aromatic nitrogens is 3. The monoisotopic (exact) mass is 446 g/mol. The molecule has 0 fully saturated rings. The van der Waals surface area contributed by atoms with Crippen molar-refractivity contribution in [3.05, 3.63) is 35.8 Å². The Kier molecular flexibility index (Phi) is 7.71. The summed E-state index contributed by atoms with van der Waals surface area (Å²) in [5.41, 5.74) is 1.03. The first-order valence-electron chi connectivity index (χ1n) is 7.83. The molecule has 8 heteroatoms. The first-order chi connectivity index (χ1) is 10.9. The normalized spacial score (nSPS) is 12.0. The van der Waals surface area contributed by atoms with Crippen LogP contribution in [0.25, 0.3) is 0 Å². The molecular formula is C16H27IN6O. The maximum atomic E-state index is 5.77. The molecule has 0 amide bonds. The number of rotatable bonds is 5. The zero-order valence-corrected chi connectivity index (χ0v) is 17.3. The number of hydrogen-bond donors (Lipinski definition) is 2. The summed E-state index contributed by atoms with van der Waals surface area (Å²) in [5, 5.41) is 10.6. The van der Waals surface area contributed by atoms with E-state index in [0.29, 0.717) is 19.0 Å². The molecule has 0 aliphatic heterocycles. The van der Waals surface area contributed by atoms with Gasteiger partial charge < -0.3 is 15.1 Å². The Balaban J connectivity index is 0.00000288. The summed E-state index contributed by atoms with van der Waals surface area (Å²) >= 11 is 0. The van der Waals surface area contributed by atoms with Crippen LogP contribution in [-0.4, -0.2) is 27.3 Å². The average molecular weight is 446 g/mol. The van der Waals surface area contributed by atoms with Gasteiger partial charge in [0.15, 0.2) is 5.96 Å². The second kappa shape index (κ2) is 9.05. The van der Waals surface area contributed by atoms with Gasteiger partial charge in [0.2, 0.25) is 5.89 Å². The SMILES string of the molecule is CCNC(=NCc1cnn(C)c1)NCc1ncc(C(C)(C)C)o1.I. The van der Waals surface area contributed by atoms with Crippen molar-refractivity contribution in [1.82, 2.24) is 25.4 Å². The molecule has 2 rings (SSSR count). The molecule has 0 bridgehead atoms. The van der Waals surface area contributed by atoms with Crippen LogP contribution in [0.1, 0.15) is 44.9 Å². The van der Waals surface area contributed by atoms with Crippen LogP contribution in [0, 0.1) is 0 Å². The Labute approximate surface area is 160 Å². The fourth-order valence-corrected chi connectivity index (χ4v) is 1.96. The van der Waals surface area contributed by atoms with Gasteiger partial charge >= 0.3 is 0 Å². The summed E-state index contributed by atoms with van der Waals surface area (Å²) < 4.78 is 7.54. The molecule has 0 aliphatic rings. The molecule has 2 aromatic heterocycles. The van der Waals surface area contributed by atoms with Crippen LogP contribution >= 0.6 is 24.0 Å². The van der Waals surface area contributed by atoms with E-state index in [9.17, 15) is 0 Å². The smallest absolute Gasteiger partial charge is 0.213 e. The van der Waals surface area contributed by atoms with Crippen molar-refractivity contribution in [2.45, 2.75) is 46.2 Å². The zero-order valence-electron chi connectivity index (χ0n) is 15.0. The van der Waals surface area contributed by atoms with Gasteiger partial charge in [0.25, 0.3) is 0 Å². The second-order valence-electron chi connectivity index (χ2n) is 6.44. The first kappa shape index (κ1) is 20.5. The number of aliphatic imine (C=N–C) groups is 1. The summed E-state index contributed by atoms with van der Waals surface area (Å²) in [7, 11) is 1.89. The number of nitrogens with one attached hydrogen (secondary N) is 2. The molecule has 2 N–H and O–H groups in total. The van der Waals surface area contributed by atoms with E-state index in [-0.39, 0.29) is 29.4 Å². The molecule has 0 atom stereocenters. The summed E-state index contributed by atoms with van der Waals surface area (Å²) in [6.07, 6.45) is 5.56. The molecular weight excluding hydrogens is 419 g/mol. The molecule has 24 heavy (non-hydrogen) atoms. The second-order valence-corrected chi connectivity index (χ2v) is 6.44. The van der Waals surface area contributed by atoms with Crippen LogP contribution in [-0.2, 0) is 25.6 Å². The fraction of sp³-hybridized carbons (Fsp3) is 0.562. The minimum absolute atomic E-state index is 0. The highest BCUT2D eigenvalue weighted by atomic mass is 127. The van der Waals surface area contributed by atoms with Crippen molar-refractivity contribution >= 4 is 29.9 Å². The highest BCUT2D eigenvalue weighted by Gasteiger charge is 2.19. The molecule has 0 unspecified atom stereocenters. The molecule has 134 valence electrons. The summed E-state index contributed by atoms with van der Waals surface area (Å²) in [6.45, 7) is 10.2. The van der Waals surface area contributed by atoms with Crippen molar-refractivity contribution < 1.29 is 4.42 Å². The predicted octanol–water partition coefficient (Wildman–Crippen LogP) is 2.58. The largest absolute Gasteiger partial charge is 0.443 e. The summed E-state index contributed by atoms with van der Waals surface area (Å²) in [4.78, 5) is 8.85. The van der Waals surface area contributed by atoms with Gasteiger partial charge in [-0.15, -0.1) is 24.0 Å². The lowest BCUT2D eigenvalue weighted by atomic mass is 9.94. The van der Waals surface area contributed by atoms with Gasteiger partial charge in [-0.1, -0.05) is 20.8 Å². The van der Waals surface area contributed by atoms with Gasteiger partial charge in [-0.2, -0.15) is 5.10 Å². The topological polar surface area (TPSA) is 80.3 Å². The quantitative estimate of drug-likeness (QED) is 0.419. The lowest BCUT2D eigenvalue weighted by Crippen LogP contribution is -2.36. The highest BCUT2D eigenvalue weighted by Crippen LogP contribution is 2.22. The van der Waals surface area contributed by atoms with Gasteiger partial charge in [0.05, 0.1) is 25.5 Å². The minimum Gasteiger partial charge on any atom is -0.443 e. The van der Waals surface area contributed by atoms with Gasteiger partial charge in [-0.3, -0.25) is 4.68 Å². The number of aryl methyl sites for hydroxylation is 1. The zero-order chi connectivity index (χ0) is 16.9. The van der Waals surface area contributed by atoms with Crippen LogP contribution in [0.2, 0.25) is 0 Å². The standard InChI is InChI=1S/C16H26N6O.HI/c1-6-17-15(19-7-12-8-21-22(5)11-12)20-10-14-18-9-13(23-14)16(2,3)4;/h8-9,11H,6-7,10H2,1-5H3,(H2,17,19,20);1H. The lowest BCUT2D eigenvalue weighted by Gasteiger charge is -2.13. The van der Waals surface area contributed by atoms with Crippen LogP contribution in [0.15, 0.2) is 28.0 Å². The fourth-order valence-electron chi connectivity index (χ4n) is 1.96. The Hall–Kier alpha value is -1.58. The lowest BCUT2D eigenvalue weighted by molar-refractivity contribution is 0.379. The van der Waals surface area contributed by atoms with E-state index in [4.69, 9.17) is 4.42 Å². The Bertz CT molecular complexity index is 656. The third-order valence-electron chi connectivity index (χ3n) is 3.22. The number of guanidine groups is 1. The van der Waals surface area contributed by atoms with Crippen molar-refractivity contribution in [2.24, 2.45) is 12.0 Å². The molecule has 2 aromatic rings. The van der Waals surface area contributed by atoms with Gasteiger partial charge in [0.1, 0.15) is 5.76 Å². The number of nitrogens with zero attached hydrogens (tertiary/aromatic N) is 4. The van der Waals surface area contributed by atoms with E-state index in [1.54, 1.807) is 10.9 Å². The predicted molar refractivity (Wildman–Crippen MR) is 105 cm³/mol. The van der Waals surface area contributed by atoms with Gasteiger partial charge in [-0.25, -0.2) is 9.98 Å². The van der Waals surface area contributed by atoms with Crippen LogP contribution in [0.4, 0.5) is 0 Å². The summed E-state index contributed by atoms with van der Waals surface area (Å²) in [6, 6.07) is 0. The van der Waals surface area contributed by atoms with Gasteiger partial charge in [0, 0.05) is 30.8 Å². The Morgan fingerprint density at radius 1 is 1.29 bits per heavy atom. The number of oxazole rings is 1. The number of hydrogen-bond acceptors (Lipinski definition) is 4. The molecule has 0 radical (unpaired) electrons. The molecule has 0 aliphatic carbocycles. The van der Waals surface area contributed by atoms with Crippen molar-refractivity contribution in [2.75, 3.05) is 6.54 Å². The van der Waals surface area contributed by atoms with Crippen LogP contribution in [0.5, 0.6) is 0 Å². The van der Waals surface area contributed by atoms with E-state index in [1.165, 1.54) is 0 Å². The average Bonchev–Trinajstić information content (AvgIpc) is 3.10. The maximum absolute atomic E-state index is 5.77. The molecule has 0 spiro atoms. The Morgan fingerprint density at radius 2 is 2.04 bits per heavy atom. The maximum Gasteiger partial charge on any atom is 0.213 e. The molecule has 7 nitrogen and oxygen atoms in total. The first-order valence-corrected chi connectivity index (χ1v) is 7.83. The highest BCUT2D eigenvalue weighted by molar-refractivity contribution is 14.0. The van der Waals surface area contributed by atoms with Crippen LogP contribution < -0.4 is 10.6 Å². The number of halogens is 1. The molecule has 0 saturated heterocycles. The summed E-state index contributed by atoms with van der Waals surface area (Å²) in [5.74, 6) is 2.26. The van der Waals surface area contributed by atoms with Crippen molar-refractivity contribution in [1.29, 1.82) is 0 Å². The van der Waals surface area contributed by atoms with Gasteiger partial charge in [-0.05, 0) is 6.92 Å². The minimum atomic E-state index is -0.0376. The van der Waals surface area contributed by atoms with E-state index in [0.717, 1.165) is 23.8 Å². The van der Waals surface area contributed by atoms with Crippen molar-refractivity contribution in [3.63, 3.8) is 0 Å². The van der Waals surface area contributed by atoms with Crippen molar-refractivity contribution in [3.8, 4) is 0 Å². The molecule has 2 heterocycles. The Morgan fingerprint density at radius 3 is 2.58 bits per heavy atom. The van der Waals surface area contributed by atoms with E-state index in [1.807, 2.05) is 26.4 Å². The van der Waals surface area contributed by atoms with Crippen LogP contribution in [0.3, 0.4) is 0 Å².